The second-order valence-corrected chi connectivity index (χ2v) is 4.91. The van der Waals surface area contributed by atoms with Crippen LogP contribution in [0.5, 0.6) is 0 Å². The SMILES string of the molecule is CCCCOC(=O)NC(C)(Cc1ccccc1)C(=O)O. The monoisotopic (exact) mass is 279 g/mol. The number of alkyl carbamates (subject to hydrolysis) is 1. The van der Waals surface area contributed by atoms with Crippen LogP contribution in [0.2, 0.25) is 0 Å². The van der Waals surface area contributed by atoms with Crippen LogP contribution in [0.1, 0.15) is 32.3 Å². The number of aliphatic carboxylic acids is 1. The van der Waals surface area contributed by atoms with E-state index in [1.165, 1.54) is 6.92 Å². The maximum absolute atomic E-state index is 11.6. The van der Waals surface area contributed by atoms with Crippen LogP contribution in [0.3, 0.4) is 0 Å². The number of carboxylic acids is 1. The molecule has 2 N–H and O–H groups in total. The summed E-state index contributed by atoms with van der Waals surface area (Å²) in [5.74, 6) is -1.09. The highest BCUT2D eigenvalue weighted by atomic mass is 16.5. The van der Waals surface area contributed by atoms with Crippen LogP contribution in [0.4, 0.5) is 4.79 Å². The first-order valence-corrected chi connectivity index (χ1v) is 6.70. The van der Waals surface area contributed by atoms with E-state index in [1.807, 2.05) is 37.3 Å². The second-order valence-electron chi connectivity index (χ2n) is 4.91. The average molecular weight is 279 g/mol. The van der Waals surface area contributed by atoms with Crippen molar-refractivity contribution < 1.29 is 19.4 Å². The molecule has 0 aromatic heterocycles. The van der Waals surface area contributed by atoms with Crippen molar-refractivity contribution >= 4 is 12.1 Å². The minimum absolute atomic E-state index is 0.200. The van der Waals surface area contributed by atoms with Crippen molar-refractivity contribution in [3.05, 3.63) is 35.9 Å². The molecule has 1 amide bonds. The summed E-state index contributed by atoms with van der Waals surface area (Å²) in [6.45, 7) is 3.75. The predicted octanol–water partition coefficient (Wildman–Crippen LogP) is 2.60. The minimum Gasteiger partial charge on any atom is -0.480 e. The summed E-state index contributed by atoms with van der Waals surface area (Å²) < 4.78 is 4.95. The lowest BCUT2D eigenvalue weighted by atomic mass is 9.93. The van der Waals surface area contributed by atoms with Crippen molar-refractivity contribution in [3.63, 3.8) is 0 Å². The molecule has 0 bridgehead atoms. The quantitative estimate of drug-likeness (QED) is 0.752. The normalized spacial score (nSPS) is 13.3. The zero-order valence-corrected chi connectivity index (χ0v) is 11.9. The lowest BCUT2D eigenvalue weighted by Crippen LogP contribution is -2.54. The average Bonchev–Trinajstić information content (AvgIpc) is 2.39. The molecular formula is C15H21NO4. The number of carboxylic acid groups (broad SMARTS) is 1. The molecule has 1 rings (SSSR count). The molecule has 5 heteroatoms. The van der Waals surface area contributed by atoms with Crippen molar-refractivity contribution in [1.29, 1.82) is 0 Å². The fourth-order valence-electron chi connectivity index (χ4n) is 1.75. The molecule has 0 aliphatic heterocycles. The highest BCUT2D eigenvalue weighted by Gasteiger charge is 2.35. The van der Waals surface area contributed by atoms with Gasteiger partial charge in [-0.1, -0.05) is 43.7 Å². The third kappa shape index (κ3) is 4.91. The van der Waals surface area contributed by atoms with Gasteiger partial charge in [-0.15, -0.1) is 0 Å². The first kappa shape index (κ1) is 16.0. The number of nitrogens with one attached hydrogen (secondary N) is 1. The molecule has 0 aliphatic rings. The molecule has 1 aromatic rings. The van der Waals surface area contributed by atoms with Gasteiger partial charge in [0.1, 0.15) is 5.54 Å². The molecule has 0 saturated heterocycles. The summed E-state index contributed by atoms with van der Waals surface area (Å²) in [6.07, 6.45) is 1.18. The summed E-state index contributed by atoms with van der Waals surface area (Å²) >= 11 is 0. The second kappa shape index (κ2) is 7.53. The van der Waals surface area contributed by atoms with E-state index in [1.54, 1.807) is 0 Å². The van der Waals surface area contributed by atoms with Crippen LogP contribution in [0.15, 0.2) is 30.3 Å². The van der Waals surface area contributed by atoms with E-state index in [0.29, 0.717) is 6.61 Å². The van der Waals surface area contributed by atoms with Gasteiger partial charge in [-0.3, -0.25) is 0 Å². The van der Waals surface area contributed by atoms with Crippen LogP contribution >= 0.6 is 0 Å². The molecule has 20 heavy (non-hydrogen) atoms. The van der Waals surface area contributed by atoms with Crippen LogP contribution < -0.4 is 5.32 Å². The number of hydrogen-bond acceptors (Lipinski definition) is 3. The molecule has 110 valence electrons. The third-order valence-corrected chi connectivity index (χ3v) is 2.98. The smallest absolute Gasteiger partial charge is 0.408 e. The Morgan fingerprint density at radius 2 is 1.95 bits per heavy atom. The summed E-state index contributed by atoms with van der Waals surface area (Å²) in [7, 11) is 0. The lowest BCUT2D eigenvalue weighted by molar-refractivity contribution is -0.143. The van der Waals surface area contributed by atoms with E-state index in [-0.39, 0.29) is 6.42 Å². The number of carbonyl (C=O) groups is 2. The Morgan fingerprint density at radius 1 is 1.30 bits per heavy atom. The largest absolute Gasteiger partial charge is 0.480 e. The topological polar surface area (TPSA) is 75.6 Å². The fraction of sp³-hybridized carbons (Fsp3) is 0.467. The Labute approximate surface area is 118 Å². The summed E-state index contributed by atoms with van der Waals surface area (Å²) in [5, 5.41) is 11.8. The van der Waals surface area contributed by atoms with Crippen LogP contribution in [-0.4, -0.2) is 29.3 Å². The van der Waals surface area contributed by atoms with E-state index in [4.69, 9.17) is 4.74 Å². The van der Waals surface area contributed by atoms with E-state index in [0.717, 1.165) is 18.4 Å². The van der Waals surface area contributed by atoms with Gasteiger partial charge in [0.25, 0.3) is 0 Å². The van der Waals surface area contributed by atoms with Crippen molar-refractivity contribution in [2.24, 2.45) is 0 Å². The van der Waals surface area contributed by atoms with Gasteiger partial charge in [0.15, 0.2) is 0 Å². The zero-order valence-electron chi connectivity index (χ0n) is 11.9. The van der Waals surface area contributed by atoms with Crippen molar-refractivity contribution in [2.75, 3.05) is 6.61 Å². The molecule has 0 fully saturated rings. The Hall–Kier alpha value is -2.04. The van der Waals surface area contributed by atoms with Crippen molar-refractivity contribution in [3.8, 4) is 0 Å². The molecular weight excluding hydrogens is 258 g/mol. The zero-order chi connectivity index (χ0) is 15.0. The van der Waals surface area contributed by atoms with Crippen LogP contribution in [0.25, 0.3) is 0 Å². The van der Waals surface area contributed by atoms with Gasteiger partial charge in [0.05, 0.1) is 6.61 Å². The van der Waals surface area contributed by atoms with Gasteiger partial charge in [0, 0.05) is 6.42 Å². The molecule has 5 nitrogen and oxygen atoms in total. The Balaban J connectivity index is 2.67. The maximum atomic E-state index is 11.6. The Kier molecular flexibility index (Phi) is 6.03. The van der Waals surface area contributed by atoms with Crippen LogP contribution in [-0.2, 0) is 16.0 Å². The summed E-state index contributed by atoms with van der Waals surface area (Å²) in [6, 6.07) is 9.17. The van der Waals surface area contributed by atoms with Crippen molar-refractivity contribution in [1.82, 2.24) is 5.32 Å². The maximum Gasteiger partial charge on any atom is 0.408 e. The van der Waals surface area contributed by atoms with E-state index >= 15 is 0 Å². The molecule has 0 radical (unpaired) electrons. The van der Waals surface area contributed by atoms with Gasteiger partial charge in [0.2, 0.25) is 0 Å². The fourth-order valence-corrected chi connectivity index (χ4v) is 1.75. The highest BCUT2D eigenvalue weighted by molar-refractivity contribution is 5.84. The van der Waals surface area contributed by atoms with Gasteiger partial charge in [-0.25, -0.2) is 9.59 Å². The number of ether oxygens (including phenoxy) is 1. The van der Waals surface area contributed by atoms with Gasteiger partial charge < -0.3 is 15.2 Å². The number of carbonyl (C=O) groups excluding carboxylic acids is 1. The van der Waals surface area contributed by atoms with Crippen molar-refractivity contribution in [2.45, 2.75) is 38.6 Å². The van der Waals surface area contributed by atoms with E-state index in [9.17, 15) is 14.7 Å². The van der Waals surface area contributed by atoms with Gasteiger partial charge in [-0.2, -0.15) is 0 Å². The number of hydrogen-bond donors (Lipinski definition) is 2. The molecule has 0 saturated carbocycles. The predicted molar refractivity (Wildman–Crippen MR) is 75.6 cm³/mol. The highest BCUT2D eigenvalue weighted by Crippen LogP contribution is 2.14. The molecule has 1 atom stereocenters. The summed E-state index contributed by atoms with van der Waals surface area (Å²) in [4.78, 5) is 23.1. The molecule has 1 unspecified atom stereocenters. The summed E-state index contributed by atoms with van der Waals surface area (Å²) in [5.41, 5.74) is -0.545. The number of rotatable bonds is 7. The third-order valence-electron chi connectivity index (χ3n) is 2.98. The first-order chi connectivity index (χ1) is 9.48. The first-order valence-electron chi connectivity index (χ1n) is 6.70. The Morgan fingerprint density at radius 3 is 2.50 bits per heavy atom. The van der Waals surface area contributed by atoms with Crippen LogP contribution in [0, 0.1) is 0 Å². The standard InChI is InChI=1S/C15H21NO4/c1-3-4-10-20-14(19)16-15(2,13(17)18)11-12-8-6-5-7-9-12/h5-9H,3-4,10-11H2,1-2H3,(H,16,19)(H,17,18). The minimum atomic E-state index is -1.38. The molecule has 0 heterocycles. The number of benzene rings is 1. The van der Waals surface area contributed by atoms with E-state index in [2.05, 4.69) is 5.32 Å². The van der Waals surface area contributed by atoms with E-state index < -0.39 is 17.6 Å². The Bertz CT molecular complexity index is 446. The lowest BCUT2D eigenvalue weighted by Gasteiger charge is -2.26. The molecule has 0 spiro atoms. The number of amides is 1. The van der Waals surface area contributed by atoms with Gasteiger partial charge in [-0.05, 0) is 18.9 Å². The number of unbranched alkanes of at least 4 members (excludes halogenated alkanes) is 1. The van der Waals surface area contributed by atoms with Gasteiger partial charge >= 0.3 is 12.1 Å². The molecule has 1 aromatic carbocycles. The molecule has 0 aliphatic carbocycles.